The van der Waals surface area contributed by atoms with Gasteiger partial charge < -0.3 is 20.9 Å². The van der Waals surface area contributed by atoms with Gasteiger partial charge in [-0.2, -0.15) is 0 Å². The lowest BCUT2D eigenvalue weighted by Crippen LogP contribution is -2.38. The summed E-state index contributed by atoms with van der Waals surface area (Å²) in [4.78, 5) is 39.0. The third-order valence-corrected chi connectivity index (χ3v) is 4.97. The number of hydrogen-bond acceptors (Lipinski definition) is 8. The van der Waals surface area contributed by atoms with Gasteiger partial charge in [0.25, 0.3) is 5.91 Å². The van der Waals surface area contributed by atoms with Crippen LogP contribution in [0, 0.1) is 0 Å². The smallest absolute Gasteiger partial charge is 0.274 e. The summed E-state index contributed by atoms with van der Waals surface area (Å²) >= 11 is 0. The first-order valence-corrected chi connectivity index (χ1v) is 11.1. The van der Waals surface area contributed by atoms with Crippen molar-refractivity contribution >= 4 is 23.3 Å². The Morgan fingerprint density at radius 1 is 0.767 bits per heavy atom. The maximum atomic E-state index is 12.9. The van der Waals surface area contributed by atoms with Crippen molar-refractivity contribution in [2.45, 2.75) is 48.0 Å². The molecule has 0 aliphatic heterocycles. The molecule has 0 radical (unpaired) electrons. The second-order valence-electron chi connectivity index (χ2n) is 6.85. The van der Waals surface area contributed by atoms with Crippen LogP contribution in [-0.2, 0) is 0 Å². The van der Waals surface area contributed by atoms with Gasteiger partial charge >= 0.3 is 0 Å². The summed E-state index contributed by atoms with van der Waals surface area (Å²) in [5.41, 5.74) is 0.473. The van der Waals surface area contributed by atoms with Crippen LogP contribution in [0.1, 0.15) is 68.9 Å². The third-order valence-electron chi connectivity index (χ3n) is 4.97. The Bertz CT molecular complexity index is 616. The van der Waals surface area contributed by atoms with Crippen molar-refractivity contribution in [3.63, 3.8) is 0 Å². The van der Waals surface area contributed by atoms with Crippen molar-refractivity contribution in [3.8, 4) is 0 Å². The van der Waals surface area contributed by atoms with E-state index in [0.717, 1.165) is 26.2 Å². The number of Topliss-reactive ketones (excluding diaryl/α,β-unsaturated/α-hetero) is 1. The van der Waals surface area contributed by atoms with Crippen molar-refractivity contribution in [1.29, 1.82) is 0 Å². The number of nitrogens with one attached hydrogen (secondary N) is 3. The Morgan fingerprint density at radius 3 is 1.77 bits per heavy atom. The van der Waals surface area contributed by atoms with E-state index >= 15 is 0 Å². The molecular formula is C21H39N7O2. The fourth-order valence-electron chi connectivity index (χ4n) is 3.00. The quantitative estimate of drug-likeness (QED) is 0.293. The molecule has 1 aromatic heterocycles. The van der Waals surface area contributed by atoms with Crippen molar-refractivity contribution < 1.29 is 9.59 Å². The standard InChI is InChI=1S/C21H39N7O2/c1-7-22-19-17(16(29)13-14-27(9-3)10-4)25-20(23-8-2)18(26-19)21(30)24-15-28(11-5)12-6/h7-15H2,1-6H3,(H,22,26)(H,23,25)(H,24,30). The zero-order chi connectivity index (χ0) is 22.5. The minimum Gasteiger partial charge on any atom is -0.368 e. The first kappa shape index (κ1) is 25.8. The molecule has 9 heteroatoms. The highest BCUT2D eigenvalue weighted by Gasteiger charge is 2.23. The minimum atomic E-state index is -0.313. The molecule has 0 bridgehead atoms. The molecule has 0 saturated carbocycles. The van der Waals surface area contributed by atoms with E-state index in [-0.39, 0.29) is 23.1 Å². The van der Waals surface area contributed by atoms with Gasteiger partial charge in [0, 0.05) is 26.1 Å². The molecule has 0 spiro atoms. The zero-order valence-electron chi connectivity index (χ0n) is 19.5. The van der Waals surface area contributed by atoms with E-state index < -0.39 is 0 Å². The SMILES string of the molecule is CCNc1nc(C(=O)NCN(CC)CC)c(NCC)nc1C(=O)CCN(CC)CC. The number of carbonyl (C=O) groups is 2. The molecule has 0 aromatic carbocycles. The van der Waals surface area contributed by atoms with Gasteiger partial charge in [-0.05, 0) is 40.0 Å². The van der Waals surface area contributed by atoms with Crippen molar-refractivity contribution in [2.75, 3.05) is 63.1 Å². The monoisotopic (exact) mass is 421 g/mol. The number of ketones is 1. The van der Waals surface area contributed by atoms with E-state index in [4.69, 9.17) is 0 Å². The van der Waals surface area contributed by atoms with E-state index in [0.29, 0.717) is 44.4 Å². The number of amides is 1. The molecule has 0 fully saturated rings. The minimum absolute atomic E-state index is 0.0837. The molecule has 0 aliphatic rings. The molecule has 170 valence electrons. The van der Waals surface area contributed by atoms with Gasteiger partial charge in [0.2, 0.25) is 0 Å². The summed E-state index contributed by atoms with van der Waals surface area (Å²) in [6.45, 7) is 17.8. The maximum absolute atomic E-state index is 12.9. The van der Waals surface area contributed by atoms with Crippen molar-refractivity contribution in [1.82, 2.24) is 25.1 Å². The van der Waals surface area contributed by atoms with Gasteiger partial charge in [-0.1, -0.05) is 27.7 Å². The highest BCUT2D eigenvalue weighted by molar-refractivity contribution is 6.02. The van der Waals surface area contributed by atoms with Crippen LogP contribution >= 0.6 is 0 Å². The van der Waals surface area contributed by atoms with Crippen molar-refractivity contribution in [3.05, 3.63) is 11.4 Å². The fourth-order valence-corrected chi connectivity index (χ4v) is 3.00. The van der Waals surface area contributed by atoms with Crippen LogP contribution in [-0.4, -0.2) is 83.9 Å². The summed E-state index contributed by atoms with van der Waals surface area (Å²) < 4.78 is 0. The second kappa shape index (κ2) is 13.9. The molecular weight excluding hydrogens is 382 g/mol. The number of anilines is 2. The largest absolute Gasteiger partial charge is 0.368 e. The molecule has 0 unspecified atom stereocenters. The molecule has 1 aromatic rings. The average molecular weight is 422 g/mol. The predicted octanol–water partition coefficient (Wildman–Crippen LogP) is 2.28. The fraction of sp³-hybridized carbons (Fsp3) is 0.714. The average Bonchev–Trinajstić information content (AvgIpc) is 2.75. The lowest BCUT2D eigenvalue weighted by molar-refractivity contribution is 0.0917. The third kappa shape index (κ3) is 7.53. The lowest BCUT2D eigenvalue weighted by atomic mass is 10.2. The van der Waals surface area contributed by atoms with Crippen LogP contribution in [0.4, 0.5) is 11.6 Å². The Labute approximate surface area is 181 Å². The Kier molecular flexibility index (Phi) is 11.9. The first-order chi connectivity index (χ1) is 14.4. The zero-order valence-corrected chi connectivity index (χ0v) is 19.5. The van der Waals surface area contributed by atoms with E-state index in [1.165, 1.54) is 0 Å². The predicted molar refractivity (Wildman–Crippen MR) is 122 cm³/mol. The highest BCUT2D eigenvalue weighted by Crippen LogP contribution is 2.20. The summed E-state index contributed by atoms with van der Waals surface area (Å²) in [5, 5.41) is 9.08. The highest BCUT2D eigenvalue weighted by atomic mass is 16.2. The lowest BCUT2D eigenvalue weighted by Gasteiger charge is -2.20. The van der Waals surface area contributed by atoms with Crippen LogP contribution in [0.3, 0.4) is 0 Å². The van der Waals surface area contributed by atoms with Crippen LogP contribution in [0.25, 0.3) is 0 Å². The summed E-state index contributed by atoms with van der Waals surface area (Å²) in [5.74, 6) is 0.297. The summed E-state index contributed by atoms with van der Waals surface area (Å²) in [7, 11) is 0. The number of carbonyl (C=O) groups excluding carboxylic acids is 2. The number of rotatable bonds is 15. The second-order valence-corrected chi connectivity index (χ2v) is 6.85. The Balaban J connectivity index is 3.17. The van der Waals surface area contributed by atoms with E-state index in [2.05, 4.69) is 49.6 Å². The van der Waals surface area contributed by atoms with Gasteiger partial charge in [0.1, 0.15) is 0 Å². The summed E-state index contributed by atoms with van der Waals surface area (Å²) in [6, 6.07) is 0. The maximum Gasteiger partial charge on any atom is 0.274 e. The Hall–Kier alpha value is -2.26. The van der Waals surface area contributed by atoms with E-state index in [1.54, 1.807) is 0 Å². The van der Waals surface area contributed by atoms with Gasteiger partial charge in [0.15, 0.2) is 28.8 Å². The number of hydrogen-bond donors (Lipinski definition) is 3. The van der Waals surface area contributed by atoms with E-state index in [9.17, 15) is 9.59 Å². The van der Waals surface area contributed by atoms with Gasteiger partial charge in [-0.3, -0.25) is 14.5 Å². The molecule has 9 nitrogen and oxygen atoms in total. The van der Waals surface area contributed by atoms with Crippen molar-refractivity contribution in [2.24, 2.45) is 0 Å². The van der Waals surface area contributed by atoms with Crippen LogP contribution < -0.4 is 16.0 Å². The Morgan fingerprint density at radius 2 is 1.27 bits per heavy atom. The molecule has 3 N–H and O–H groups in total. The first-order valence-electron chi connectivity index (χ1n) is 11.1. The topological polar surface area (TPSA) is 102 Å². The molecule has 0 saturated heterocycles. The van der Waals surface area contributed by atoms with Crippen LogP contribution in [0.2, 0.25) is 0 Å². The van der Waals surface area contributed by atoms with E-state index in [1.807, 2.05) is 27.7 Å². The normalized spacial score (nSPS) is 11.1. The summed E-state index contributed by atoms with van der Waals surface area (Å²) in [6.07, 6.45) is 0.355. The molecule has 0 atom stereocenters. The molecule has 1 rings (SSSR count). The van der Waals surface area contributed by atoms with Crippen LogP contribution in [0.5, 0.6) is 0 Å². The molecule has 30 heavy (non-hydrogen) atoms. The van der Waals surface area contributed by atoms with Gasteiger partial charge in [0.05, 0.1) is 6.67 Å². The number of nitrogens with zero attached hydrogens (tertiary/aromatic N) is 4. The van der Waals surface area contributed by atoms with Gasteiger partial charge in [-0.15, -0.1) is 0 Å². The molecule has 0 aliphatic carbocycles. The van der Waals surface area contributed by atoms with Gasteiger partial charge in [-0.25, -0.2) is 9.97 Å². The molecule has 1 heterocycles. The molecule has 1 amide bonds. The number of aromatic nitrogens is 2. The van der Waals surface area contributed by atoms with Crippen LogP contribution in [0.15, 0.2) is 0 Å².